The lowest BCUT2D eigenvalue weighted by atomic mass is 9.79. The SMILES string of the molecule is O=C(c1cccc(C2CCC2)c1)N(CCNC(=O)C1(C(F)(F)F)CCCCO1)C1CC1. The smallest absolute Gasteiger partial charge is 0.357 e. The Kier molecular flexibility index (Phi) is 6.28. The summed E-state index contributed by atoms with van der Waals surface area (Å²) in [5, 5.41) is 2.39. The highest BCUT2D eigenvalue weighted by Gasteiger charge is 2.62. The fourth-order valence-corrected chi connectivity index (χ4v) is 4.43. The lowest BCUT2D eigenvalue weighted by Gasteiger charge is -2.37. The molecule has 1 atom stereocenters. The van der Waals surface area contributed by atoms with Gasteiger partial charge in [-0.05, 0) is 68.6 Å². The Morgan fingerprint density at radius 1 is 1.13 bits per heavy atom. The van der Waals surface area contributed by atoms with E-state index in [1.165, 1.54) is 12.0 Å². The number of benzene rings is 1. The number of carbonyl (C=O) groups is 2. The van der Waals surface area contributed by atoms with Crippen molar-refractivity contribution in [2.24, 2.45) is 0 Å². The van der Waals surface area contributed by atoms with Crippen LogP contribution in [0.3, 0.4) is 0 Å². The minimum Gasteiger partial charge on any atom is -0.357 e. The van der Waals surface area contributed by atoms with E-state index < -0.39 is 17.7 Å². The molecule has 3 aliphatic rings. The van der Waals surface area contributed by atoms with Crippen molar-refractivity contribution >= 4 is 11.8 Å². The van der Waals surface area contributed by atoms with Crippen molar-refractivity contribution in [2.45, 2.75) is 75.1 Å². The van der Waals surface area contributed by atoms with Gasteiger partial charge in [0.2, 0.25) is 5.60 Å². The summed E-state index contributed by atoms with van der Waals surface area (Å²) in [4.78, 5) is 27.3. The summed E-state index contributed by atoms with van der Waals surface area (Å²) < 4.78 is 45.8. The van der Waals surface area contributed by atoms with Crippen molar-refractivity contribution in [1.82, 2.24) is 10.2 Å². The molecule has 3 fully saturated rings. The molecule has 0 radical (unpaired) electrons. The zero-order valence-corrected chi connectivity index (χ0v) is 17.5. The normalized spacial score (nSPS) is 24.4. The Labute approximate surface area is 180 Å². The van der Waals surface area contributed by atoms with E-state index in [0.717, 1.165) is 25.7 Å². The summed E-state index contributed by atoms with van der Waals surface area (Å²) in [6, 6.07) is 7.74. The summed E-state index contributed by atoms with van der Waals surface area (Å²) >= 11 is 0. The summed E-state index contributed by atoms with van der Waals surface area (Å²) in [7, 11) is 0. The predicted molar refractivity (Wildman–Crippen MR) is 109 cm³/mol. The van der Waals surface area contributed by atoms with Crippen LogP contribution in [0, 0.1) is 0 Å². The Balaban J connectivity index is 1.39. The molecule has 1 saturated heterocycles. The number of alkyl halides is 3. The van der Waals surface area contributed by atoms with Crippen LogP contribution in [-0.4, -0.2) is 54.2 Å². The highest BCUT2D eigenvalue weighted by Crippen LogP contribution is 2.40. The van der Waals surface area contributed by atoms with Gasteiger partial charge in [-0.15, -0.1) is 0 Å². The van der Waals surface area contributed by atoms with Gasteiger partial charge in [-0.1, -0.05) is 18.6 Å². The van der Waals surface area contributed by atoms with E-state index >= 15 is 0 Å². The third-order valence-corrected chi connectivity index (χ3v) is 6.69. The van der Waals surface area contributed by atoms with Crippen LogP contribution in [-0.2, 0) is 9.53 Å². The summed E-state index contributed by atoms with van der Waals surface area (Å²) in [5.74, 6) is -0.775. The van der Waals surface area contributed by atoms with Crippen LogP contribution in [0.5, 0.6) is 0 Å². The van der Waals surface area contributed by atoms with Gasteiger partial charge in [-0.3, -0.25) is 9.59 Å². The van der Waals surface area contributed by atoms with Crippen LogP contribution >= 0.6 is 0 Å². The van der Waals surface area contributed by atoms with Crippen molar-refractivity contribution in [1.29, 1.82) is 0 Å². The molecule has 2 amide bonds. The van der Waals surface area contributed by atoms with Crippen molar-refractivity contribution in [3.05, 3.63) is 35.4 Å². The van der Waals surface area contributed by atoms with Gasteiger partial charge < -0.3 is 15.0 Å². The van der Waals surface area contributed by atoms with Crippen molar-refractivity contribution in [2.75, 3.05) is 19.7 Å². The quantitative estimate of drug-likeness (QED) is 0.695. The molecular weight excluding hydrogens is 409 g/mol. The van der Waals surface area contributed by atoms with E-state index in [1.54, 1.807) is 11.0 Å². The predicted octanol–water partition coefficient (Wildman–Crippen LogP) is 4.18. The van der Waals surface area contributed by atoms with Crippen molar-refractivity contribution < 1.29 is 27.5 Å². The average Bonchev–Trinajstić information content (AvgIpc) is 3.54. The number of ether oxygens (including phenoxy) is 1. The summed E-state index contributed by atoms with van der Waals surface area (Å²) in [5.41, 5.74) is -1.01. The monoisotopic (exact) mass is 438 g/mol. The number of carbonyl (C=O) groups excluding carboxylic acids is 2. The van der Waals surface area contributed by atoms with Gasteiger partial charge in [0.15, 0.2) is 0 Å². The van der Waals surface area contributed by atoms with Crippen LogP contribution in [0.1, 0.15) is 73.2 Å². The highest BCUT2D eigenvalue weighted by molar-refractivity contribution is 5.95. The Morgan fingerprint density at radius 3 is 2.48 bits per heavy atom. The first kappa shape index (κ1) is 22.1. The van der Waals surface area contributed by atoms with Gasteiger partial charge in [-0.2, -0.15) is 13.2 Å². The molecule has 1 aliphatic heterocycles. The van der Waals surface area contributed by atoms with Crippen LogP contribution in [0.25, 0.3) is 0 Å². The van der Waals surface area contributed by atoms with Gasteiger partial charge >= 0.3 is 6.18 Å². The molecule has 4 rings (SSSR count). The van der Waals surface area contributed by atoms with E-state index in [2.05, 4.69) is 5.32 Å². The fourth-order valence-electron chi connectivity index (χ4n) is 4.43. The van der Waals surface area contributed by atoms with Crippen molar-refractivity contribution in [3.63, 3.8) is 0 Å². The lowest BCUT2D eigenvalue weighted by molar-refractivity contribution is -0.277. The largest absolute Gasteiger partial charge is 0.426 e. The van der Waals surface area contributed by atoms with Gasteiger partial charge in [0, 0.05) is 31.3 Å². The lowest BCUT2D eigenvalue weighted by Crippen LogP contribution is -2.60. The maximum atomic E-state index is 13.6. The zero-order chi connectivity index (χ0) is 22.1. The molecule has 1 aromatic carbocycles. The highest BCUT2D eigenvalue weighted by atomic mass is 19.4. The number of rotatable bonds is 7. The zero-order valence-electron chi connectivity index (χ0n) is 17.5. The molecular formula is C23H29F3N2O3. The average molecular weight is 438 g/mol. The van der Waals surface area contributed by atoms with Gasteiger partial charge in [0.1, 0.15) is 0 Å². The first-order chi connectivity index (χ1) is 14.8. The van der Waals surface area contributed by atoms with E-state index in [9.17, 15) is 22.8 Å². The number of hydrogen-bond donors (Lipinski definition) is 1. The molecule has 2 saturated carbocycles. The van der Waals surface area contributed by atoms with E-state index in [-0.39, 0.29) is 44.5 Å². The molecule has 170 valence electrons. The van der Waals surface area contributed by atoms with Crippen LogP contribution in [0.2, 0.25) is 0 Å². The molecule has 31 heavy (non-hydrogen) atoms. The van der Waals surface area contributed by atoms with E-state index in [4.69, 9.17) is 4.74 Å². The number of halogens is 3. The molecule has 2 aliphatic carbocycles. The molecule has 0 aromatic heterocycles. The Bertz CT molecular complexity index is 813. The molecule has 5 nitrogen and oxygen atoms in total. The molecule has 8 heteroatoms. The number of amides is 2. The third kappa shape index (κ3) is 4.59. The Morgan fingerprint density at radius 2 is 1.90 bits per heavy atom. The van der Waals surface area contributed by atoms with Crippen LogP contribution in [0.4, 0.5) is 13.2 Å². The van der Waals surface area contributed by atoms with E-state index in [0.29, 0.717) is 17.9 Å². The number of nitrogens with one attached hydrogen (secondary N) is 1. The second-order valence-corrected chi connectivity index (χ2v) is 8.87. The first-order valence-electron chi connectivity index (χ1n) is 11.2. The number of hydrogen-bond acceptors (Lipinski definition) is 3. The minimum absolute atomic E-state index is 0.0371. The second-order valence-electron chi connectivity index (χ2n) is 8.87. The second kappa shape index (κ2) is 8.81. The molecule has 1 aromatic rings. The summed E-state index contributed by atoms with van der Waals surface area (Å²) in [6.07, 6.45) is 0.881. The van der Waals surface area contributed by atoms with Gasteiger partial charge in [0.25, 0.3) is 11.8 Å². The maximum Gasteiger partial charge on any atom is 0.426 e. The van der Waals surface area contributed by atoms with Gasteiger partial charge in [-0.25, -0.2) is 0 Å². The summed E-state index contributed by atoms with van der Waals surface area (Å²) in [6.45, 7) is 0.0539. The van der Waals surface area contributed by atoms with Crippen LogP contribution in [0.15, 0.2) is 24.3 Å². The number of nitrogens with zero attached hydrogens (tertiary/aromatic N) is 1. The molecule has 1 N–H and O–H groups in total. The minimum atomic E-state index is -4.77. The third-order valence-electron chi connectivity index (χ3n) is 6.69. The maximum absolute atomic E-state index is 13.6. The molecule has 0 bridgehead atoms. The standard InChI is InChI=1S/C23H29F3N2O3/c24-23(25,26)22(11-1-2-14-31-22)21(30)27-12-13-28(19-9-10-19)20(29)18-8-4-7-17(15-18)16-5-3-6-16/h4,7-8,15-16,19H,1-3,5-6,9-14H2,(H,27,30). The Hall–Kier alpha value is -2.09. The molecule has 1 heterocycles. The fraction of sp³-hybridized carbons (Fsp3) is 0.652. The molecule has 1 unspecified atom stereocenters. The van der Waals surface area contributed by atoms with Crippen molar-refractivity contribution in [3.8, 4) is 0 Å². The first-order valence-corrected chi connectivity index (χ1v) is 11.2. The van der Waals surface area contributed by atoms with E-state index in [1.807, 2.05) is 18.2 Å². The van der Waals surface area contributed by atoms with Crippen LogP contribution < -0.4 is 5.32 Å². The molecule has 0 spiro atoms. The topological polar surface area (TPSA) is 58.6 Å². The van der Waals surface area contributed by atoms with Gasteiger partial charge in [0.05, 0.1) is 0 Å².